The number of β-amino-alcohol motifs (C(OH)–C–C–N with tert-alkyl or cyclic N) is 1. The van der Waals surface area contributed by atoms with Gasteiger partial charge in [-0.3, -0.25) is 15.0 Å². The molecule has 0 saturated carbocycles. The van der Waals surface area contributed by atoms with E-state index < -0.39 is 5.54 Å². The summed E-state index contributed by atoms with van der Waals surface area (Å²) < 4.78 is 0. The lowest BCUT2D eigenvalue weighted by atomic mass is 10.1. The first-order valence-corrected chi connectivity index (χ1v) is 4.43. The van der Waals surface area contributed by atoms with Gasteiger partial charge in [0.05, 0.1) is 6.61 Å². The molecule has 0 radical (unpaired) electrons. The minimum atomic E-state index is -0.832. The van der Waals surface area contributed by atoms with E-state index in [1.807, 2.05) is 0 Å². The normalized spacial score (nSPS) is 21.8. The maximum absolute atomic E-state index is 11.8. The molecule has 1 heterocycles. The van der Waals surface area contributed by atoms with Gasteiger partial charge in [-0.25, -0.2) is 5.43 Å². The Hall–Kier alpha value is -1.14. The Kier molecular flexibility index (Phi) is 3.07. The quantitative estimate of drug-likeness (QED) is 0.493. The van der Waals surface area contributed by atoms with Crippen LogP contribution in [0.25, 0.3) is 0 Å². The molecule has 0 aromatic rings. The van der Waals surface area contributed by atoms with Crippen LogP contribution in [0, 0.1) is 0 Å². The number of rotatable bonds is 2. The Morgan fingerprint density at radius 2 is 2.14 bits per heavy atom. The predicted octanol–water partition coefficient (Wildman–Crippen LogP) is -1.78. The van der Waals surface area contributed by atoms with E-state index in [1.54, 1.807) is 13.8 Å². The standard InChI is InChI=1S/C8H15N3O3/c1-8(2)7(14)11(3-4-12)5-6(13)9-10-8/h10,12H,3-5H2,1-2H3,(H,9,13). The molecule has 0 bridgehead atoms. The molecule has 0 aromatic heterocycles. The third-order valence-corrected chi connectivity index (χ3v) is 2.04. The third kappa shape index (κ3) is 2.21. The lowest BCUT2D eigenvalue weighted by Crippen LogP contribution is -2.55. The number of hydrogen-bond acceptors (Lipinski definition) is 4. The van der Waals surface area contributed by atoms with Gasteiger partial charge in [-0.05, 0) is 13.8 Å². The molecule has 3 N–H and O–H groups in total. The molecular weight excluding hydrogens is 186 g/mol. The van der Waals surface area contributed by atoms with Crippen LogP contribution in [0.1, 0.15) is 13.8 Å². The van der Waals surface area contributed by atoms with E-state index in [1.165, 1.54) is 4.90 Å². The van der Waals surface area contributed by atoms with Gasteiger partial charge in [0.15, 0.2) is 0 Å². The predicted molar refractivity (Wildman–Crippen MR) is 49.0 cm³/mol. The number of carbonyl (C=O) groups is 2. The van der Waals surface area contributed by atoms with Gasteiger partial charge < -0.3 is 10.0 Å². The molecule has 0 atom stereocenters. The zero-order chi connectivity index (χ0) is 10.8. The van der Waals surface area contributed by atoms with Crippen LogP contribution >= 0.6 is 0 Å². The molecule has 6 nitrogen and oxygen atoms in total. The molecule has 1 saturated heterocycles. The summed E-state index contributed by atoms with van der Waals surface area (Å²) >= 11 is 0. The van der Waals surface area contributed by atoms with E-state index in [2.05, 4.69) is 10.9 Å². The third-order valence-electron chi connectivity index (χ3n) is 2.04. The zero-order valence-corrected chi connectivity index (χ0v) is 8.33. The van der Waals surface area contributed by atoms with E-state index in [9.17, 15) is 9.59 Å². The van der Waals surface area contributed by atoms with Crippen molar-refractivity contribution in [3.8, 4) is 0 Å². The maximum atomic E-state index is 11.8. The highest BCUT2D eigenvalue weighted by molar-refractivity contribution is 5.91. The van der Waals surface area contributed by atoms with Crippen molar-refractivity contribution >= 4 is 11.8 Å². The average Bonchev–Trinajstić information content (AvgIpc) is 2.20. The number of aliphatic hydroxyl groups excluding tert-OH is 1. The van der Waals surface area contributed by atoms with E-state index in [-0.39, 0.29) is 31.5 Å². The summed E-state index contributed by atoms with van der Waals surface area (Å²) in [5.41, 5.74) is 4.22. The topological polar surface area (TPSA) is 81.7 Å². The monoisotopic (exact) mass is 201 g/mol. The van der Waals surface area contributed by atoms with Crippen molar-refractivity contribution < 1.29 is 14.7 Å². The molecule has 14 heavy (non-hydrogen) atoms. The summed E-state index contributed by atoms with van der Waals surface area (Å²) in [5.74, 6) is -0.484. The van der Waals surface area contributed by atoms with Crippen LogP contribution in [0.3, 0.4) is 0 Å². The van der Waals surface area contributed by atoms with E-state index in [4.69, 9.17) is 5.11 Å². The Bertz CT molecular complexity index is 252. The van der Waals surface area contributed by atoms with Crippen LogP contribution in [-0.4, -0.2) is 47.1 Å². The second-order valence-electron chi connectivity index (χ2n) is 3.75. The molecule has 0 aliphatic carbocycles. The van der Waals surface area contributed by atoms with Crippen LogP contribution in [0.4, 0.5) is 0 Å². The second-order valence-corrected chi connectivity index (χ2v) is 3.75. The lowest BCUT2D eigenvalue weighted by molar-refractivity contribution is -0.138. The molecule has 6 heteroatoms. The Morgan fingerprint density at radius 3 is 2.71 bits per heavy atom. The number of carbonyl (C=O) groups excluding carboxylic acids is 2. The molecule has 1 aliphatic heterocycles. The van der Waals surface area contributed by atoms with E-state index >= 15 is 0 Å². The van der Waals surface area contributed by atoms with Crippen molar-refractivity contribution in [1.29, 1.82) is 0 Å². The molecule has 1 aliphatic rings. The maximum Gasteiger partial charge on any atom is 0.253 e. The molecular formula is C8H15N3O3. The number of nitrogens with zero attached hydrogens (tertiary/aromatic N) is 1. The van der Waals surface area contributed by atoms with Crippen molar-refractivity contribution in [2.75, 3.05) is 19.7 Å². The zero-order valence-electron chi connectivity index (χ0n) is 8.33. The summed E-state index contributed by atoms with van der Waals surface area (Å²) in [5, 5.41) is 8.74. The summed E-state index contributed by atoms with van der Waals surface area (Å²) in [6.07, 6.45) is 0. The molecule has 1 fully saturated rings. The number of nitrogens with one attached hydrogen (secondary N) is 2. The molecule has 2 amide bonds. The first-order valence-electron chi connectivity index (χ1n) is 4.43. The number of amides is 2. The largest absolute Gasteiger partial charge is 0.395 e. The summed E-state index contributed by atoms with van der Waals surface area (Å²) in [7, 11) is 0. The molecule has 1 rings (SSSR count). The highest BCUT2D eigenvalue weighted by atomic mass is 16.3. The minimum Gasteiger partial charge on any atom is -0.395 e. The van der Waals surface area contributed by atoms with E-state index in [0.717, 1.165) is 0 Å². The minimum absolute atomic E-state index is 0.0180. The van der Waals surface area contributed by atoms with Crippen molar-refractivity contribution in [2.45, 2.75) is 19.4 Å². The molecule has 0 spiro atoms. The van der Waals surface area contributed by atoms with Crippen LogP contribution in [0.5, 0.6) is 0 Å². The van der Waals surface area contributed by atoms with Gasteiger partial charge in [0.25, 0.3) is 5.91 Å². The van der Waals surface area contributed by atoms with Crippen LogP contribution in [0.15, 0.2) is 0 Å². The number of hydrazine groups is 1. The van der Waals surface area contributed by atoms with Crippen LogP contribution in [0.2, 0.25) is 0 Å². The summed E-state index contributed by atoms with van der Waals surface area (Å²) in [4.78, 5) is 24.2. The van der Waals surface area contributed by atoms with Gasteiger partial charge in [0, 0.05) is 6.54 Å². The Labute approximate surface area is 82.2 Å². The number of aliphatic hydroxyl groups is 1. The van der Waals surface area contributed by atoms with Crippen molar-refractivity contribution in [2.24, 2.45) is 0 Å². The number of hydrogen-bond donors (Lipinski definition) is 3. The van der Waals surface area contributed by atoms with Gasteiger partial charge in [-0.15, -0.1) is 0 Å². The van der Waals surface area contributed by atoms with Crippen molar-refractivity contribution in [3.05, 3.63) is 0 Å². The Balaban J connectivity index is 2.81. The van der Waals surface area contributed by atoms with Crippen LogP contribution in [-0.2, 0) is 9.59 Å². The van der Waals surface area contributed by atoms with E-state index in [0.29, 0.717) is 0 Å². The highest BCUT2D eigenvalue weighted by Crippen LogP contribution is 2.09. The summed E-state index contributed by atoms with van der Waals surface area (Å²) in [6.45, 7) is 3.36. The second kappa shape index (κ2) is 3.93. The fraction of sp³-hybridized carbons (Fsp3) is 0.750. The van der Waals surface area contributed by atoms with Crippen LogP contribution < -0.4 is 10.9 Å². The van der Waals surface area contributed by atoms with Gasteiger partial charge in [0.1, 0.15) is 12.1 Å². The smallest absolute Gasteiger partial charge is 0.253 e. The Morgan fingerprint density at radius 1 is 1.50 bits per heavy atom. The fourth-order valence-corrected chi connectivity index (χ4v) is 1.26. The van der Waals surface area contributed by atoms with Crippen molar-refractivity contribution in [3.63, 3.8) is 0 Å². The summed E-state index contributed by atoms with van der Waals surface area (Å²) in [6, 6.07) is 0. The lowest BCUT2D eigenvalue weighted by Gasteiger charge is -2.27. The fourth-order valence-electron chi connectivity index (χ4n) is 1.26. The van der Waals surface area contributed by atoms with Gasteiger partial charge in [-0.1, -0.05) is 0 Å². The molecule has 80 valence electrons. The first-order chi connectivity index (χ1) is 6.47. The van der Waals surface area contributed by atoms with Gasteiger partial charge >= 0.3 is 0 Å². The van der Waals surface area contributed by atoms with Gasteiger partial charge in [0.2, 0.25) is 5.91 Å². The van der Waals surface area contributed by atoms with Gasteiger partial charge in [-0.2, -0.15) is 0 Å². The SMILES string of the molecule is CC1(C)NNC(=O)CN(CCO)C1=O. The highest BCUT2D eigenvalue weighted by Gasteiger charge is 2.35. The molecule has 0 unspecified atom stereocenters. The average molecular weight is 201 g/mol. The molecule has 0 aromatic carbocycles. The first kappa shape index (κ1) is 10.9. The van der Waals surface area contributed by atoms with Crippen molar-refractivity contribution in [1.82, 2.24) is 15.8 Å².